The molecule has 4 N–H and O–H groups in total. The van der Waals surface area contributed by atoms with Gasteiger partial charge in [-0.1, -0.05) is 13.8 Å². The summed E-state index contributed by atoms with van der Waals surface area (Å²) in [5.74, 6) is 0.354. The fourth-order valence-corrected chi connectivity index (χ4v) is 1.24. The second-order valence-electron chi connectivity index (χ2n) is 3.48. The highest BCUT2D eigenvalue weighted by atomic mass is 16.3. The van der Waals surface area contributed by atoms with Crippen molar-refractivity contribution in [3.8, 4) is 0 Å². The molecule has 1 saturated heterocycles. The van der Waals surface area contributed by atoms with Crippen LogP contribution in [-0.2, 0) is 0 Å². The van der Waals surface area contributed by atoms with Gasteiger partial charge in [-0.05, 0) is 5.92 Å². The van der Waals surface area contributed by atoms with Crippen molar-refractivity contribution in [1.29, 1.82) is 0 Å². The highest BCUT2D eigenvalue weighted by molar-refractivity contribution is 5.01. The quantitative estimate of drug-likeness (QED) is 0.480. The highest BCUT2D eigenvalue weighted by Gasteiger charge is 2.41. The molecule has 0 amide bonds. The van der Waals surface area contributed by atoms with Crippen molar-refractivity contribution in [1.82, 2.24) is 5.32 Å². The molecular weight excluding hydrogens is 128 g/mol. The van der Waals surface area contributed by atoms with E-state index in [2.05, 4.69) is 5.32 Å². The molecule has 1 fully saturated rings. The lowest BCUT2D eigenvalue weighted by atomic mass is 9.82. The van der Waals surface area contributed by atoms with E-state index in [1.54, 1.807) is 0 Å². The van der Waals surface area contributed by atoms with Gasteiger partial charge < -0.3 is 16.2 Å². The van der Waals surface area contributed by atoms with Crippen molar-refractivity contribution >= 4 is 0 Å². The van der Waals surface area contributed by atoms with Gasteiger partial charge in [0.05, 0.1) is 0 Å². The van der Waals surface area contributed by atoms with E-state index in [0.29, 0.717) is 19.0 Å². The highest BCUT2D eigenvalue weighted by Crippen LogP contribution is 2.19. The molecule has 0 aromatic heterocycles. The van der Waals surface area contributed by atoms with Crippen molar-refractivity contribution in [2.24, 2.45) is 11.7 Å². The lowest BCUT2D eigenvalue weighted by molar-refractivity contribution is -0.0438. The molecule has 0 bridgehead atoms. The Balaban J connectivity index is 2.46. The van der Waals surface area contributed by atoms with E-state index in [1.807, 2.05) is 13.8 Å². The minimum atomic E-state index is -0.631. The average molecular weight is 144 g/mol. The van der Waals surface area contributed by atoms with Gasteiger partial charge in [0.15, 0.2) is 0 Å². The predicted octanol–water partition coefficient (Wildman–Crippen LogP) is -0.696. The van der Waals surface area contributed by atoms with E-state index in [0.717, 1.165) is 0 Å². The first-order chi connectivity index (χ1) is 4.56. The van der Waals surface area contributed by atoms with Gasteiger partial charge in [-0.25, -0.2) is 0 Å². The van der Waals surface area contributed by atoms with Crippen LogP contribution in [0.5, 0.6) is 0 Å². The molecule has 1 unspecified atom stereocenters. The SMILES string of the molecule is CC(C)C(N)C1(O)CNC1. The largest absolute Gasteiger partial charge is 0.386 e. The Bertz CT molecular complexity index is 121. The molecule has 0 aliphatic carbocycles. The fraction of sp³-hybridized carbons (Fsp3) is 1.00. The van der Waals surface area contributed by atoms with Crippen LogP contribution >= 0.6 is 0 Å². The summed E-state index contributed by atoms with van der Waals surface area (Å²) in [7, 11) is 0. The second kappa shape index (κ2) is 2.49. The Morgan fingerprint density at radius 3 is 2.10 bits per heavy atom. The number of β-amino-alcohol motifs (C(OH)–C–C–N with tert-alkyl or cyclic N) is 1. The van der Waals surface area contributed by atoms with Gasteiger partial charge in [-0.15, -0.1) is 0 Å². The number of hydrogen-bond acceptors (Lipinski definition) is 3. The molecule has 0 radical (unpaired) electrons. The molecule has 3 nitrogen and oxygen atoms in total. The second-order valence-corrected chi connectivity index (χ2v) is 3.48. The Kier molecular flexibility index (Phi) is 1.99. The molecule has 60 valence electrons. The van der Waals surface area contributed by atoms with Crippen LogP contribution in [0.4, 0.5) is 0 Å². The van der Waals surface area contributed by atoms with Crippen LogP contribution in [0.2, 0.25) is 0 Å². The summed E-state index contributed by atoms with van der Waals surface area (Å²) >= 11 is 0. The van der Waals surface area contributed by atoms with Crippen LogP contribution in [0.15, 0.2) is 0 Å². The molecule has 0 aromatic rings. The zero-order valence-corrected chi connectivity index (χ0v) is 6.59. The van der Waals surface area contributed by atoms with Crippen molar-refractivity contribution < 1.29 is 5.11 Å². The monoisotopic (exact) mass is 144 g/mol. The molecule has 3 heteroatoms. The van der Waals surface area contributed by atoms with E-state index in [-0.39, 0.29) is 6.04 Å². The molecule has 1 atom stereocenters. The molecule has 0 spiro atoms. The van der Waals surface area contributed by atoms with E-state index < -0.39 is 5.60 Å². The van der Waals surface area contributed by atoms with Crippen LogP contribution in [0.3, 0.4) is 0 Å². The van der Waals surface area contributed by atoms with Crippen molar-refractivity contribution in [2.75, 3.05) is 13.1 Å². The number of aliphatic hydroxyl groups is 1. The van der Waals surface area contributed by atoms with E-state index >= 15 is 0 Å². The molecule has 1 rings (SSSR count). The smallest absolute Gasteiger partial charge is 0.105 e. The predicted molar refractivity (Wildman–Crippen MR) is 40.6 cm³/mol. The number of rotatable bonds is 2. The minimum absolute atomic E-state index is 0.0891. The first kappa shape index (κ1) is 7.98. The molecular formula is C7H16N2O. The molecule has 0 aromatic carbocycles. The molecule has 1 heterocycles. The summed E-state index contributed by atoms with van der Waals surface area (Å²) in [5.41, 5.74) is 5.14. The normalized spacial score (nSPS) is 26.1. The first-order valence-corrected chi connectivity index (χ1v) is 3.75. The van der Waals surface area contributed by atoms with Gasteiger partial charge in [-0.3, -0.25) is 0 Å². The Hall–Kier alpha value is -0.120. The van der Waals surface area contributed by atoms with Crippen LogP contribution in [-0.4, -0.2) is 29.8 Å². The minimum Gasteiger partial charge on any atom is -0.386 e. The zero-order valence-electron chi connectivity index (χ0n) is 6.59. The zero-order chi connectivity index (χ0) is 7.78. The maximum absolute atomic E-state index is 9.66. The van der Waals surface area contributed by atoms with Gasteiger partial charge in [0, 0.05) is 19.1 Å². The lowest BCUT2D eigenvalue weighted by Gasteiger charge is -2.43. The van der Waals surface area contributed by atoms with Crippen LogP contribution in [0, 0.1) is 5.92 Å². The summed E-state index contributed by atoms with van der Waals surface area (Å²) in [4.78, 5) is 0. The van der Waals surface area contributed by atoms with Crippen molar-refractivity contribution in [2.45, 2.75) is 25.5 Å². The molecule has 0 saturated carbocycles. The molecule has 1 aliphatic rings. The maximum Gasteiger partial charge on any atom is 0.105 e. The van der Waals surface area contributed by atoms with E-state index in [9.17, 15) is 5.11 Å². The van der Waals surface area contributed by atoms with Crippen molar-refractivity contribution in [3.63, 3.8) is 0 Å². The third-order valence-electron chi connectivity index (χ3n) is 2.20. The van der Waals surface area contributed by atoms with Crippen LogP contribution in [0.1, 0.15) is 13.8 Å². The summed E-state index contributed by atoms with van der Waals surface area (Å²) in [6.07, 6.45) is 0. The summed E-state index contributed by atoms with van der Waals surface area (Å²) < 4.78 is 0. The third kappa shape index (κ3) is 1.17. The standard InChI is InChI=1S/C7H16N2O/c1-5(2)6(8)7(10)3-9-4-7/h5-6,9-10H,3-4,8H2,1-2H3. The number of nitrogens with one attached hydrogen (secondary N) is 1. The first-order valence-electron chi connectivity index (χ1n) is 3.75. The fourth-order valence-electron chi connectivity index (χ4n) is 1.24. The van der Waals surface area contributed by atoms with Gasteiger partial charge in [0.25, 0.3) is 0 Å². The van der Waals surface area contributed by atoms with E-state index in [4.69, 9.17) is 5.73 Å². The summed E-state index contributed by atoms with van der Waals surface area (Å²) in [6.45, 7) is 5.35. The van der Waals surface area contributed by atoms with Crippen LogP contribution in [0.25, 0.3) is 0 Å². The van der Waals surface area contributed by atoms with Crippen molar-refractivity contribution in [3.05, 3.63) is 0 Å². The topological polar surface area (TPSA) is 58.3 Å². The van der Waals surface area contributed by atoms with Gasteiger partial charge in [-0.2, -0.15) is 0 Å². The maximum atomic E-state index is 9.66. The lowest BCUT2D eigenvalue weighted by Crippen LogP contribution is -2.69. The Morgan fingerprint density at radius 1 is 1.50 bits per heavy atom. The number of nitrogens with two attached hydrogens (primary N) is 1. The molecule has 10 heavy (non-hydrogen) atoms. The Morgan fingerprint density at radius 2 is 2.00 bits per heavy atom. The average Bonchev–Trinajstić information content (AvgIpc) is 1.81. The summed E-state index contributed by atoms with van der Waals surface area (Å²) in [6, 6.07) is -0.0891. The van der Waals surface area contributed by atoms with Gasteiger partial charge in [0.2, 0.25) is 0 Å². The number of hydrogen-bond donors (Lipinski definition) is 3. The molecule has 1 aliphatic heterocycles. The van der Waals surface area contributed by atoms with Gasteiger partial charge >= 0.3 is 0 Å². The third-order valence-corrected chi connectivity index (χ3v) is 2.20. The van der Waals surface area contributed by atoms with Crippen LogP contribution < -0.4 is 11.1 Å². The Labute approximate surface area is 61.6 Å². The van der Waals surface area contributed by atoms with E-state index in [1.165, 1.54) is 0 Å². The summed E-state index contributed by atoms with van der Waals surface area (Å²) in [5, 5.41) is 12.7. The van der Waals surface area contributed by atoms with Gasteiger partial charge in [0.1, 0.15) is 5.60 Å².